The van der Waals surface area contributed by atoms with Crippen LogP contribution in [0.5, 0.6) is 0 Å². The zero-order valence-electron chi connectivity index (χ0n) is 23.3. The first kappa shape index (κ1) is 29.0. The molecule has 40 heavy (non-hydrogen) atoms. The Labute approximate surface area is 234 Å². The van der Waals surface area contributed by atoms with E-state index in [2.05, 4.69) is 15.6 Å². The van der Waals surface area contributed by atoms with Gasteiger partial charge in [-0.05, 0) is 44.7 Å². The lowest BCUT2D eigenvalue weighted by Crippen LogP contribution is -2.56. The van der Waals surface area contributed by atoms with Crippen molar-refractivity contribution in [2.24, 2.45) is 5.73 Å². The van der Waals surface area contributed by atoms with Crippen LogP contribution < -0.4 is 16.4 Å². The number of rotatable bonds is 11. The Hall–Kier alpha value is -4.02. The van der Waals surface area contributed by atoms with Gasteiger partial charge in [0.1, 0.15) is 12.1 Å². The normalized spacial score (nSPS) is 14.9. The molecule has 2 aromatic carbocycles. The van der Waals surface area contributed by atoms with Crippen molar-refractivity contribution in [2.45, 2.75) is 57.8 Å². The van der Waals surface area contributed by atoms with E-state index in [9.17, 15) is 14.4 Å². The number of hydrogen-bond donors (Lipinski definition) is 3. The first-order chi connectivity index (χ1) is 19.1. The highest BCUT2D eigenvalue weighted by atomic mass is 16.5. The third-order valence-corrected chi connectivity index (χ3v) is 6.76. The molecule has 4 N–H and O–H groups in total. The molecule has 3 amide bonds. The molecule has 212 valence electrons. The monoisotopic (exact) mass is 546 g/mol. The fraction of sp³-hybridized carbons (Fsp3) is 0.400. The predicted molar refractivity (Wildman–Crippen MR) is 152 cm³/mol. The topological polar surface area (TPSA) is 132 Å². The van der Waals surface area contributed by atoms with Crippen molar-refractivity contribution in [3.8, 4) is 0 Å². The molecular formula is C30H38N6O4. The minimum Gasteiger partial charge on any atom is -0.374 e. The van der Waals surface area contributed by atoms with E-state index >= 15 is 0 Å². The molecule has 0 spiro atoms. The predicted octanol–water partition coefficient (Wildman–Crippen LogP) is 2.78. The maximum absolute atomic E-state index is 13.6. The number of benzene rings is 2. The fourth-order valence-electron chi connectivity index (χ4n) is 4.54. The van der Waals surface area contributed by atoms with Gasteiger partial charge in [-0.1, -0.05) is 60.2 Å². The fourth-order valence-corrected chi connectivity index (χ4v) is 4.54. The van der Waals surface area contributed by atoms with E-state index in [1.807, 2.05) is 66.4 Å². The Kier molecular flexibility index (Phi) is 9.34. The van der Waals surface area contributed by atoms with Crippen LogP contribution in [0.3, 0.4) is 0 Å². The Morgan fingerprint density at radius 3 is 2.48 bits per heavy atom. The smallest absolute Gasteiger partial charge is 0.250 e. The summed E-state index contributed by atoms with van der Waals surface area (Å²) >= 11 is 0. The number of amides is 3. The molecule has 1 fully saturated rings. The summed E-state index contributed by atoms with van der Waals surface area (Å²) < 4.78 is 7.48. The Morgan fingerprint density at radius 2 is 1.80 bits per heavy atom. The van der Waals surface area contributed by atoms with Crippen molar-refractivity contribution in [3.63, 3.8) is 0 Å². The Balaban J connectivity index is 1.50. The second kappa shape index (κ2) is 12.9. The summed E-state index contributed by atoms with van der Waals surface area (Å²) in [5.74, 6) is -0.750. The van der Waals surface area contributed by atoms with Crippen LogP contribution >= 0.6 is 0 Å². The van der Waals surface area contributed by atoms with Crippen molar-refractivity contribution in [2.75, 3.05) is 25.0 Å². The first-order valence-corrected chi connectivity index (χ1v) is 13.5. The lowest BCUT2D eigenvalue weighted by Gasteiger charge is -2.25. The van der Waals surface area contributed by atoms with Gasteiger partial charge in [0.25, 0.3) is 5.91 Å². The molecule has 1 aliphatic rings. The van der Waals surface area contributed by atoms with Crippen molar-refractivity contribution in [1.82, 2.24) is 19.8 Å². The van der Waals surface area contributed by atoms with Crippen molar-refractivity contribution in [3.05, 3.63) is 83.8 Å². The summed E-state index contributed by atoms with van der Waals surface area (Å²) in [5, 5.41) is 5.45. The number of hydrogen-bond acceptors (Lipinski definition) is 6. The molecule has 1 aromatic heterocycles. The lowest BCUT2D eigenvalue weighted by atomic mass is 10.0. The summed E-state index contributed by atoms with van der Waals surface area (Å²) in [4.78, 5) is 45.7. The van der Waals surface area contributed by atoms with E-state index in [1.165, 1.54) is 0 Å². The molecule has 0 aliphatic carbocycles. The van der Waals surface area contributed by atoms with E-state index in [0.717, 1.165) is 42.6 Å². The van der Waals surface area contributed by atoms with Gasteiger partial charge in [0, 0.05) is 19.3 Å². The van der Waals surface area contributed by atoms with Gasteiger partial charge in [0.2, 0.25) is 11.8 Å². The maximum Gasteiger partial charge on any atom is 0.250 e. The minimum atomic E-state index is -1.18. The molecule has 10 nitrogen and oxygen atoms in total. The molecule has 0 radical (unpaired) electrons. The number of nitrogens with two attached hydrogens (primary N) is 1. The van der Waals surface area contributed by atoms with Gasteiger partial charge in [-0.15, -0.1) is 0 Å². The van der Waals surface area contributed by atoms with Crippen LogP contribution in [0.25, 0.3) is 0 Å². The number of imidazole rings is 1. The van der Waals surface area contributed by atoms with E-state index in [1.54, 1.807) is 30.9 Å². The number of likely N-dealkylation sites (tertiary alicyclic amines) is 1. The van der Waals surface area contributed by atoms with Crippen molar-refractivity contribution >= 4 is 23.5 Å². The second-order valence-electron chi connectivity index (χ2n) is 10.8. The maximum atomic E-state index is 13.6. The third-order valence-electron chi connectivity index (χ3n) is 6.76. The number of aromatic nitrogens is 2. The number of nitrogens with one attached hydrogen (secondary N) is 2. The SMILES string of the molecule is Cc1cccc(C(C(=O)N2CCCC2)n2cnc(NC(=O)[C@@H](COCc3ccccc3)NC(=O)C(C)(C)N)c2)c1. The van der Waals surface area contributed by atoms with E-state index in [4.69, 9.17) is 10.5 Å². The van der Waals surface area contributed by atoms with Crippen molar-refractivity contribution in [1.29, 1.82) is 0 Å². The summed E-state index contributed by atoms with van der Waals surface area (Å²) in [6.45, 7) is 6.76. The summed E-state index contributed by atoms with van der Waals surface area (Å²) in [6, 6.07) is 15.7. The summed E-state index contributed by atoms with van der Waals surface area (Å²) in [6.07, 6.45) is 5.14. The molecule has 3 aromatic rings. The highest BCUT2D eigenvalue weighted by molar-refractivity contribution is 5.98. The van der Waals surface area contributed by atoms with Crippen LogP contribution in [0.4, 0.5) is 5.82 Å². The first-order valence-electron chi connectivity index (χ1n) is 13.5. The molecule has 1 saturated heterocycles. The van der Waals surface area contributed by atoms with Crippen LogP contribution in [-0.2, 0) is 25.7 Å². The highest BCUT2D eigenvalue weighted by Gasteiger charge is 2.31. The molecule has 10 heteroatoms. The number of carbonyl (C=O) groups is 3. The van der Waals surface area contributed by atoms with Gasteiger partial charge in [0.15, 0.2) is 5.82 Å². The van der Waals surface area contributed by atoms with Gasteiger partial charge in [-0.3, -0.25) is 14.4 Å². The molecule has 0 bridgehead atoms. The molecule has 1 unspecified atom stereocenters. The molecule has 2 heterocycles. The number of carbonyl (C=O) groups excluding carboxylic acids is 3. The average Bonchev–Trinajstić information content (AvgIpc) is 3.61. The van der Waals surface area contributed by atoms with E-state index < -0.39 is 29.4 Å². The van der Waals surface area contributed by atoms with E-state index in [0.29, 0.717) is 0 Å². The molecule has 1 aliphatic heterocycles. The second-order valence-corrected chi connectivity index (χ2v) is 10.8. The quantitative estimate of drug-likeness (QED) is 0.339. The number of nitrogens with zero attached hydrogens (tertiary/aromatic N) is 3. The van der Waals surface area contributed by atoms with Crippen molar-refractivity contribution < 1.29 is 19.1 Å². The molecular weight excluding hydrogens is 508 g/mol. The number of aryl methyl sites for hydroxylation is 1. The van der Waals surface area contributed by atoms with Gasteiger partial charge >= 0.3 is 0 Å². The van der Waals surface area contributed by atoms with Crippen LogP contribution in [0.15, 0.2) is 67.1 Å². The van der Waals surface area contributed by atoms with E-state index in [-0.39, 0.29) is 24.9 Å². The Morgan fingerprint density at radius 1 is 1.07 bits per heavy atom. The zero-order chi connectivity index (χ0) is 28.7. The largest absolute Gasteiger partial charge is 0.374 e. The third kappa shape index (κ3) is 7.55. The van der Waals surface area contributed by atoms with Crippen LogP contribution in [0.1, 0.15) is 49.4 Å². The Bertz CT molecular complexity index is 1310. The van der Waals surface area contributed by atoms with Gasteiger partial charge in [-0.25, -0.2) is 4.98 Å². The van der Waals surface area contributed by atoms with Crippen LogP contribution in [0.2, 0.25) is 0 Å². The summed E-state index contributed by atoms with van der Waals surface area (Å²) in [5.41, 5.74) is 7.59. The molecule has 2 atom stereocenters. The lowest BCUT2D eigenvalue weighted by molar-refractivity contribution is -0.132. The van der Waals surface area contributed by atoms with Gasteiger partial charge in [-0.2, -0.15) is 0 Å². The van der Waals surface area contributed by atoms with Gasteiger partial charge in [0.05, 0.1) is 25.1 Å². The average molecular weight is 547 g/mol. The highest BCUT2D eigenvalue weighted by Crippen LogP contribution is 2.25. The molecule has 0 saturated carbocycles. The number of ether oxygens (including phenoxy) is 1. The minimum absolute atomic E-state index is 0.0111. The standard InChI is InChI=1S/C30H38N6O4/c1-21-10-9-13-23(16-21)26(28(38)35-14-7-8-15-35)36-17-25(32-20-36)34-27(37)24(33-29(39)30(2,3)31)19-40-18-22-11-5-4-6-12-22/h4-6,9-13,16-17,20,24,26H,7-8,14-15,18-19,31H2,1-3H3,(H,33,39)(H,34,37)/t24-,26?/m1/s1. The van der Waals surface area contributed by atoms with Gasteiger partial charge < -0.3 is 30.6 Å². The van der Waals surface area contributed by atoms with Crippen LogP contribution in [0, 0.1) is 6.92 Å². The summed E-state index contributed by atoms with van der Waals surface area (Å²) in [7, 11) is 0. The van der Waals surface area contributed by atoms with Crippen LogP contribution in [-0.4, -0.2) is 63.4 Å². The molecule has 4 rings (SSSR count). The number of anilines is 1. The zero-order valence-corrected chi connectivity index (χ0v) is 23.3.